The van der Waals surface area contributed by atoms with Gasteiger partial charge in [-0.05, 0) is 55.7 Å². The predicted molar refractivity (Wildman–Crippen MR) is 141 cm³/mol. The minimum absolute atomic E-state index is 0.0929. The summed E-state index contributed by atoms with van der Waals surface area (Å²) in [7, 11) is 0. The molecule has 0 aliphatic rings. The van der Waals surface area contributed by atoms with Gasteiger partial charge in [0, 0.05) is 31.0 Å². The molecule has 1 unspecified atom stereocenters. The average Bonchev–Trinajstić information content (AvgIpc) is 2.86. The summed E-state index contributed by atoms with van der Waals surface area (Å²) in [6.45, 7) is 5.12. The van der Waals surface area contributed by atoms with Crippen LogP contribution in [0.25, 0.3) is 0 Å². The van der Waals surface area contributed by atoms with Crippen LogP contribution in [0.4, 0.5) is 0 Å². The van der Waals surface area contributed by atoms with E-state index in [1.807, 2.05) is 86.6 Å². The summed E-state index contributed by atoms with van der Waals surface area (Å²) in [5.74, 6) is 0.524. The topological polar surface area (TPSA) is 58.6 Å². The van der Waals surface area contributed by atoms with Crippen LogP contribution in [0.3, 0.4) is 0 Å². The van der Waals surface area contributed by atoms with Crippen molar-refractivity contribution in [1.82, 2.24) is 10.2 Å². The van der Waals surface area contributed by atoms with Crippen molar-refractivity contribution in [3.63, 3.8) is 0 Å². The molecule has 0 radical (unpaired) electrons. The Balaban J connectivity index is 1.76. The Kier molecular flexibility index (Phi) is 10.2. The molecule has 184 valence electrons. The highest BCUT2D eigenvalue weighted by molar-refractivity contribution is 6.30. The molecule has 0 spiro atoms. The van der Waals surface area contributed by atoms with Crippen LogP contribution in [0.5, 0.6) is 5.75 Å². The zero-order chi connectivity index (χ0) is 25.0. The third kappa shape index (κ3) is 8.45. The average molecular weight is 493 g/mol. The van der Waals surface area contributed by atoms with Crippen molar-refractivity contribution >= 4 is 23.4 Å². The van der Waals surface area contributed by atoms with Gasteiger partial charge in [-0.2, -0.15) is 0 Å². The van der Waals surface area contributed by atoms with Crippen LogP contribution in [0.15, 0.2) is 78.9 Å². The van der Waals surface area contributed by atoms with Crippen LogP contribution in [0, 0.1) is 6.92 Å². The molecule has 0 heterocycles. The molecule has 0 aromatic heterocycles. The molecule has 1 N–H and O–H groups in total. The van der Waals surface area contributed by atoms with Gasteiger partial charge in [0.25, 0.3) is 0 Å². The van der Waals surface area contributed by atoms with Crippen molar-refractivity contribution in [2.45, 2.75) is 45.7 Å². The van der Waals surface area contributed by atoms with Crippen LogP contribution >= 0.6 is 11.6 Å². The first kappa shape index (κ1) is 26.3. The first-order chi connectivity index (χ1) is 17.0. The normalized spacial score (nSPS) is 11.5. The lowest BCUT2D eigenvalue weighted by Crippen LogP contribution is -2.50. The van der Waals surface area contributed by atoms with Crippen molar-refractivity contribution in [1.29, 1.82) is 0 Å². The van der Waals surface area contributed by atoms with E-state index in [0.29, 0.717) is 37.6 Å². The second-order valence-corrected chi connectivity index (χ2v) is 8.95. The molecule has 0 saturated carbocycles. The van der Waals surface area contributed by atoms with E-state index < -0.39 is 6.04 Å². The lowest BCUT2D eigenvalue weighted by Gasteiger charge is -2.31. The van der Waals surface area contributed by atoms with Crippen molar-refractivity contribution < 1.29 is 14.3 Å². The van der Waals surface area contributed by atoms with Crippen LogP contribution in [-0.2, 0) is 22.6 Å². The van der Waals surface area contributed by atoms with Gasteiger partial charge in [-0.15, -0.1) is 0 Å². The minimum Gasteiger partial charge on any atom is -0.494 e. The summed E-state index contributed by atoms with van der Waals surface area (Å²) in [5, 5.41) is 3.50. The Bertz CT molecular complexity index is 1090. The highest BCUT2D eigenvalue weighted by atomic mass is 35.5. The highest BCUT2D eigenvalue weighted by Gasteiger charge is 2.29. The van der Waals surface area contributed by atoms with Crippen molar-refractivity contribution in [2.75, 3.05) is 13.2 Å². The molecule has 0 bridgehead atoms. The zero-order valence-electron chi connectivity index (χ0n) is 20.4. The fraction of sp³-hybridized carbons (Fsp3) is 0.310. The van der Waals surface area contributed by atoms with Gasteiger partial charge in [0.15, 0.2) is 0 Å². The van der Waals surface area contributed by atoms with E-state index in [-0.39, 0.29) is 18.2 Å². The largest absolute Gasteiger partial charge is 0.494 e. The molecule has 35 heavy (non-hydrogen) atoms. The number of nitrogens with zero attached hydrogens (tertiary/aromatic N) is 1. The van der Waals surface area contributed by atoms with E-state index in [1.165, 1.54) is 5.56 Å². The summed E-state index contributed by atoms with van der Waals surface area (Å²) in [5.41, 5.74) is 3.04. The van der Waals surface area contributed by atoms with Gasteiger partial charge in [-0.3, -0.25) is 9.59 Å². The SMILES string of the molecule is CCNC(=O)C(Cc1ccccc1)N(Cc1cccc(Cl)c1)C(=O)CCCOc1ccc(C)cc1. The van der Waals surface area contributed by atoms with Crippen molar-refractivity contribution in [3.8, 4) is 5.75 Å². The fourth-order valence-electron chi connectivity index (χ4n) is 3.87. The Morgan fingerprint density at radius 2 is 1.69 bits per heavy atom. The number of carbonyl (C=O) groups is 2. The Hall–Kier alpha value is -3.31. The number of carbonyl (C=O) groups excluding carboxylic acids is 2. The van der Waals surface area contributed by atoms with E-state index in [0.717, 1.165) is 16.9 Å². The maximum Gasteiger partial charge on any atom is 0.243 e. The summed E-state index contributed by atoms with van der Waals surface area (Å²) in [4.78, 5) is 28.3. The first-order valence-corrected chi connectivity index (χ1v) is 12.4. The Morgan fingerprint density at radius 3 is 2.37 bits per heavy atom. The number of benzene rings is 3. The fourth-order valence-corrected chi connectivity index (χ4v) is 4.08. The number of hydrogen-bond donors (Lipinski definition) is 1. The van der Waals surface area contributed by atoms with Gasteiger partial charge in [0.2, 0.25) is 11.8 Å². The molecular weight excluding hydrogens is 460 g/mol. The first-order valence-electron chi connectivity index (χ1n) is 12.0. The minimum atomic E-state index is -0.637. The molecule has 2 amide bonds. The Morgan fingerprint density at radius 1 is 0.971 bits per heavy atom. The predicted octanol–water partition coefficient (Wildman–Crippen LogP) is 5.58. The van der Waals surface area contributed by atoms with Gasteiger partial charge in [0.1, 0.15) is 11.8 Å². The van der Waals surface area contributed by atoms with Crippen LogP contribution in [0.2, 0.25) is 5.02 Å². The standard InChI is InChI=1S/C29H33ClN2O3/c1-3-31-29(34)27(20-23-9-5-4-6-10-23)32(21-24-11-7-12-25(30)19-24)28(33)13-8-18-35-26-16-14-22(2)15-17-26/h4-7,9-12,14-17,19,27H,3,8,13,18,20-21H2,1-2H3,(H,31,34). The van der Waals surface area contributed by atoms with Gasteiger partial charge < -0.3 is 15.0 Å². The molecule has 5 nitrogen and oxygen atoms in total. The molecule has 0 fully saturated rings. The molecule has 1 atom stereocenters. The highest BCUT2D eigenvalue weighted by Crippen LogP contribution is 2.19. The third-order valence-corrected chi connectivity index (χ3v) is 5.92. The molecule has 3 rings (SSSR count). The smallest absolute Gasteiger partial charge is 0.243 e. The number of aryl methyl sites for hydroxylation is 1. The van der Waals surface area contributed by atoms with Crippen molar-refractivity contribution in [2.24, 2.45) is 0 Å². The molecule has 0 aliphatic heterocycles. The van der Waals surface area contributed by atoms with E-state index >= 15 is 0 Å². The van der Waals surface area contributed by atoms with Gasteiger partial charge in [-0.1, -0.05) is 71.8 Å². The maximum absolute atomic E-state index is 13.5. The number of hydrogen-bond acceptors (Lipinski definition) is 3. The third-order valence-electron chi connectivity index (χ3n) is 5.69. The number of halogens is 1. The number of rotatable bonds is 12. The zero-order valence-corrected chi connectivity index (χ0v) is 21.1. The molecule has 0 aliphatic carbocycles. The van der Waals surface area contributed by atoms with Gasteiger partial charge in [-0.25, -0.2) is 0 Å². The summed E-state index contributed by atoms with van der Waals surface area (Å²) >= 11 is 6.20. The number of nitrogens with one attached hydrogen (secondary N) is 1. The molecule has 3 aromatic rings. The van der Waals surface area contributed by atoms with Crippen LogP contribution < -0.4 is 10.1 Å². The number of likely N-dealkylation sites (N-methyl/N-ethyl adjacent to an activating group) is 1. The van der Waals surface area contributed by atoms with E-state index in [1.54, 1.807) is 11.0 Å². The van der Waals surface area contributed by atoms with Crippen molar-refractivity contribution in [3.05, 3.63) is 101 Å². The maximum atomic E-state index is 13.5. The Labute approximate surface area is 213 Å². The molecule has 3 aromatic carbocycles. The summed E-state index contributed by atoms with van der Waals surface area (Å²) < 4.78 is 5.80. The van der Waals surface area contributed by atoms with Crippen LogP contribution in [0.1, 0.15) is 36.5 Å². The summed E-state index contributed by atoms with van der Waals surface area (Å²) in [6.07, 6.45) is 1.25. The summed E-state index contributed by atoms with van der Waals surface area (Å²) in [6, 6.07) is 24.4. The quantitative estimate of drug-likeness (QED) is 0.335. The van der Waals surface area contributed by atoms with E-state index in [4.69, 9.17) is 16.3 Å². The van der Waals surface area contributed by atoms with Gasteiger partial charge in [0.05, 0.1) is 6.61 Å². The number of amides is 2. The lowest BCUT2D eigenvalue weighted by atomic mass is 10.0. The van der Waals surface area contributed by atoms with E-state index in [9.17, 15) is 9.59 Å². The molecular formula is C29H33ClN2O3. The molecule has 0 saturated heterocycles. The van der Waals surface area contributed by atoms with E-state index in [2.05, 4.69) is 5.32 Å². The van der Waals surface area contributed by atoms with Gasteiger partial charge >= 0.3 is 0 Å². The molecule has 6 heteroatoms. The monoisotopic (exact) mass is 492 g/mol. The lowest BCUT2D eigenvalue weighted by molar-refractivity contribution is -0.141. The van der Waals surface area contributed by atoms with Crippen LogP contribution in [-0.4, -0.2) is 35.9 Å². The second kappa shape index (κ2) is 13.5. The second-order valence-electron chi connectivity index (χ2n) is 8.52. The number of ether oxygens (including phenoxy) is 1.